The van der Waals surface area contributed by atoms with Gasteiger partial charge in [-0.05, 0) is 50.8 Å². The Bertz CT molecular complexity index is 638. The molecule has 2 rings (SSSR count). The lowest BCUT2D eigenvalue weighted by Crippen LogP contribution is -2.53. The van der Waals surface area contributed by atoms with Gasteiger partial charge in [0.1, 0.15) is 6.04 Å². The summed E-state index contributed by atoms with van der Waals surface area (Å²) in [7, 11) is 0. The highest BCUT2D eigenvalue weighted by molar-refractivity contribution is 5.87. The van der Waals surface area contributed by atoms with Gasteiger partial charge in [0.2, 0.25) is 5.91 Å². The van der Waals surface area contributed by atoms with Crippen LogP contribution in [-0.2, 0) is 11.3 Å². The first kappa shape index (κ1) is 17.8. The van der Waals surface area contributed by atoms with Crippen molar-refractivity contribution in [3.05, 3.63) is 35.4 Å². The van der Waals surface area contributed by atoms with Crippen LogP contribution in [0.15, 0.2) is 24.3 Å². The molecule has 128 valence electrons. The lowest BCUT2D eigenvalue weighted by atomic mass is 10.0. The lowest BCUT2D eigenvalue weighted by molar-refractivity contribution is -0.136. The molecule has 3 amide bonds. The van der Waals surface area contributed by atoms with E-state index < -0.39 is 6.04 Å². The van der Waals surface area contributed by atoms with Gasteiger partial charge in [-0.15, -0.1) is 0 Å². The highest BCUT2D eigenvalue weighted by atomic mass is 16.2. The van der Waals surface area contributed by atoms with Crippen molar-refractivity contribution in [2.24, 2.45) is 0 Å². The lowest BCUT2D eigenvalue weighted by Gasteiger charge is -2.35. The van der Waals surface area contributed by atoms with Crippen molar-refractivity contribution < 1.29 is 9.59 Å². The molecule has 0 aliphatic carbocycles. The van der Waals surface area contributed by atoms with E-state index in [2.05, 4.69) is 16.7 Å². The summed E-state index contributed by atoms with van der Waals surface area (Å²) in [4.78, 5) is 26.3. The van der Waals surface area contributed by atoms with Gasteiger partial charge in [0, 0.05) is 19.1 Å². The Kier molecular flexibility index (Phi) is 6.19. The summed E-state index contributed by atoms with van der Waals surface area (Å²) in [5, 5.41) is 14.3. The molecule has 2 N–H and O–H groups in total. The van der Waals surface area contributed by atoms with Crippen molar-refractivity contribution in [2.75, 3.05) is 6.54 Å². The molecule has 2 atom stereocenters. The molecular weight excluding hydrogens is 304 g/mol. The third-order valence-corrected chi connectivity index (χ3v) is 4.31. The minimum atomic E-state index is -0.559. The topological polar surface area (TPSA) is 85.2 Å². The second kappa shape index (κ2) is 8.34. The van der Waals surface area contributed by atoms with E-state index in [1.807, 2.05) is 17.9 Å². The number of carbonyl (C=O) groups excluding carboxylic acids is 2. The number of benzene rings is 1. The molecule has 1 aromatic rings. The number of piperidine rings is 1. The summed E-state index contributed by atoms with van der Waals surface area (Å²) < 4.78 is 0. The number of nitrogens with zero attached hydrogens (tertiary/aromatic N) is 2. The molecule has 0 saturated carbocycles. The Hall–Kier alpha value is -2.55. The molecule has 1 fully saturated rings. The largest absolute Gasteiger partial charge is 0.338 e. The Morgan fingerprint density at radius 1 is 1.42 bits per heavy atom. The van der Waals surface area contributed by atoms with E-state index in [1.165, 1.54) is 0 Å². The summed E-state index contributed by atoms with van der Waals surface area (Å²) in [5.41, 5.74) is 1.39. The molecule has 1 aliphatic heterocycles. The van der Waals surface area contributed by atoms with E-state index in [1.54, 1.807) is 25.1 Å². The number of nitriles is 1. The Morgan fingerprint density at radius 2 is 2.21 bits per heavy atom. The zero-order valence-corrected chi connectivity index (χ0v) is 14.2. The van der Waals surface area contributed by atoms with Gasteiger partial charge >= 0.3 is 6.03 Å². The molecule has 24 heavy (non-hydrogen) atoms. The van der Waals surface area contributed by atoms with Gasteiger partial charge < -0.3 is 15.5 Å². The van der Waals surface area contributed by atoms with Crippen LogP contribution in [0.5, 0.6) is 0 Å². The molecule has 6 nitrogen and oxygen atoms in total. The van der Waals surface area contributed by atoms with Gasteiger partial charge in [0.15, 0.2) is 0 Å². The Labute approximate surface area is 142 Å². The molecule has 1 aromatic carbocycles. The molecule has 1 saturated heterocycles. The van der Waals surface area contributed by atoms with E-state index in [0.717, 1.165) is 31.4 Å². The molecule has 0 unspecified atom stereocenters. The van der Waals surface area contributed by atoms with Crippen LogP contribution in [0.2, 0.25) is 0 Å². The van der Waals surface area contributed by atoms with Gasteiger partial charge in [-0.2, -0.15) is 5.26 Å². The van der Waals surface area contributed by atoms with Gasteiger partial charge in [0.25, 0.3) is 0 Å². The SMILES string of the molecule is C[C@@H]1CCCCN1C(=O)[C@@H](C)NC(=O)NCc1cccc(C#N)c1. The Morgan fingerprint density at radius 3 is 2.92 bits per heavy atom. The predicted octanol–water partition coefficient (Wildman–Crippen LogP) is 2.15. The molecule has 6 heteroatoms. The van der Waals surface area contributed by atoms with Crippen molar-refractivity contribution in [2.45, 2.75) is 51.7 Å². The molecule has 1 heterocycles. The normalized spacial score (nSPS) is 18.4. The smallest absolute Gasteiger partial charge is 0.315 e. The van der Waals surface area contributed by atoms with Crippen LogP contribution >= 0.6 is 0 Å². The molecule has 0 bridgehead atoms. The first-order valence-corrected chi connectivity index (χ1v) is 8.35. The first-order chi connectivity index (χ1) is 11.5. The number of hydrogen-bond donors (Lipinski definition) is 2. The monoisotopic (exact) mass is 328 g/mol. The fourth-order valence-electron chi connectivity index (χ4n) is 2.92. The van der Waals surface area contributed by atoms with Crippen LogP contribution < -0.4 is 10.6 Å². The number of hydrogen-bond acceptors (Lipinski definition) is 3. The molecule has 0 spiro atoms. The average molecular weight is 328 g/mol. The fraction of sp³-hybridized carbons (Fsp3) is 0.500. The van der Waals surface area contributed by atoms with Crippen molar-refractivity contribution in [1.29, 1.82) is 5.26 Å². The summed E-state index contributed by atoms with van der Waals surface area (Å²) >= 11 is 0. The maximum atomic E-state index is 12.4. The number of urea groups is 1. The van der Waals surface area contributed by atoms with E-state index in [9.17, 15) is 9.59 Å². The van der Waals surface area contributed by atoms with E-state index in [0.29, 0.717) is 12.1 Å². The zero-order chi connectivity index (χ0) is 17.5. The van der Waals surface area contributed by atoms with Crippen molar-refractivity contribution >= 4 is 11.9 Å². The number of likely N-dealkylation sites (tertiary alicyclic amines) is 1. The predicted molar refractivity (Wildman–Crippen MR) is 91.0 cm³/mol. The third-order valence-electron chi connectivity index (χ3n) is 4.31. The van der Waals surface area contributed by atoms with E-state index in [-0.39, 0.29) is 18.0 Å². The highest BCUT2D eigenvalue weighted by Gasteiger charge is 2.27. The summed E-state index contributed by atoms with van der Waals surface area (Å²) in [6.07, 6.45) is 3.18. The number of nitrogens with one attached hydrogen (secondary N) is 2. The summed E-state index contributed by atoms with van der Waals surface area (Å²) in [6.45, 7) is 4.82. The number of amides is 3. The van der Waals surface area contributed by atoms with Crippen LogP contribution in [0.1, 0.15) is 44.2 Å². The standard InChI is InChI=1S/C18H24N4O2/c1-13-6-3-4-9-22(13)17(23)14(2)21-18(24)20-12-16-8-5-7-15(10-16)11-19/h5,7-8,10,13-14H,3-4,6,9,12H2,1-2H3,(H2,20,21,24)/t13-,14-/m1/s1. The summed E-state index contributed by atoms with van der Waals surface area (Å²) in [6, 6.07) is 8.40. The van der Waals surface area contributed by atoms with Crippen LogP contribution in [-0.4, -0.2) is 35.5 Å². The molecule has 0 radical (unpaired) electrons. The van der Waals surface area contributed by atoms with Crippen LogP contribution in [0, 0.1) is 11.3 Å². The first-order valence-electron chi connectivity index (χ1n) is 8.35. The van der Waals surface area contributed by atoms with Crippen LogP contribution in [0.4, 0.5) is 4.79 Å². The average Bonchev–Trinajstić information content (AvgIpc) is 2.60. The van der Waals surface area contributed by atoms with E-state index >= 15 is 0 Å². The van der Waals surface area contributed by atoms with Gasteiger partial charge in [-0.25, -0.2) is 4.79 Å². The molecule has 1 aliphatic rings. The highest BCUT2D eigenvalue weighted by Crippen LogP contribution is 2.17. The number of rotatable bonds is 4. The zero-order valence-electron chi connectivity index (χ0n) is 14.2. The third kappa shape index (κ3) is 4.72. The summed E-state index contributed by atoms with van der Waals surface area (Å²) in [5.74, 6) is -0.0381. The number of carbonyl (C=O) groups is 2. The van der Waals surface area contributed by atoms with Crippen LogP contribution in [0.25, 0.3) is 0 Å². The molecular formula is C18H24N4O2. The van der Waals surface area contributed by atoms with Gasteiger partial charge in [-0.1, -0.05) is 12.1 Å². The fourth-order valence-corrected chi connectivity index (χ4v) is 2.92. The second-order valence-corrected chi connectivity index (χ2v) is 6.24. The van der Waals surface area contributed by atoms with Gasteiger partial charge in [-0.3, -0.25) is 4.79 Å². The van der Waals surface area contributed by atoms with E-state index in [4.69, 9.17) is 5.26 Å². The quantitative estimate of drug-likeness (QED) is 0.888. The minimum Gasteiger partial charge on any atom is -0.338 e. The van der Waals surface area contributed by atoms with Crippen LogP contribution in [0.3, 0.4) is 0 Å². The van der Waals surface area contributed by atoms with Crippen molar-refractivity contribution in [1.82, 2.24) is 15.5 Å². The minimum absolute atomic E-state index is 0.0381. The maximum Gasteiger partial charge on any atom is 0.315 e. The maximum absolute atomic E-state index is 12.4. The van der Waals surface area contributed by atoms with Crippen molar-refractivity contribution in [3.63, 3.8) is 0 Å². The van der Waals surface area contributed by atoms with Crippen molar-refractivity contribution in [3.8, 4) is 6.07 Å². The Balaban J connectivity index is 1.82. The second-order valence-electron chi connectivity index (χ2n) is 6.24. The van der Waals surface area contributed by atoms with Gasteiger partial charge in [0.05, 0.1) is 11.6 Å². The molecule has 0 aromatic heterocycles.